The summed E-state index contributed by atoms with van der Waals surface area (Å²) in [5, 5.41) is 3.38. The van der Waals surface area contributed by atoms with Crippen LogP contribution < -0.4 is 17.2 Å². The zero-order chi connectivity index (χ0) is 34.1. The van der Waals surface area contributed by atoms with Crippen molar-refractivity contribution < 1.29 is 23.3 Å². The first kappa shape index (κ1) is 38.9. The third-order valence-corrected chi connectivity index (χ3v) is 10.4. The summed E-state index contributed by atoms with van der Waals surface area (Å²) in [7, 11) is 3.74. The van der Waals surface area contributed by atoms with Crippen molar-refractivity contribution in [1.82, 2.24) is 21.3 Å². The van der Waals surface area contributed by atoms with E-state index < -0.39 is 0 Å². The number of nitrogens with zero attached hydrogens (tertiary/aromatic N) is 2. The van der Waals surface area contributed by atoms with Crippen molar-refractivity contribution in [3.63, 3.8) is 0 Å². The van der Waals surface area contributed by atoms with E-state index in [1.807, 2.05) is 20.9 Å². The van der Waals surface area contributed by atoms with Gasteiger partial charge in [0.2, 0.25) is 0 Å². The summed E-state index contributed by atoms with van der Waals surface area (Å²) in [6, 6.07) is -0.0336. The highest BCUT2D eigenvalue weighted by molar-refractivity contribution is 5.37. The predicted octanol–water partition coefficient (Wildman–Crippen LogP) is 6.29. The lowest BCUT2D eigenvalue weighted by atomic mass is 9.76. The smallest absolute Gasteiger partial charge is 0.142 e. The highest BCUT2D eigenvalue weighted by Gasteiger charge is 2.60. The molecule has 0 bridgehead atoms. The normalized spacial score (nSPS) is 27.4. The Labute approximate surface area is 294 Å². The first-order valence-corrected chi connectivity index (χ1v) is 18.3. The van der Waals surface area contributed by atoms with Gasteiger partial charge in [0, 0.05) is 69.3 Å². The summed E-state index contributed by atoms with van der Waals surface area (Å²) in [5.74, 6) is 2.41. The maximum atomic E-state index is 13.8. The van der Waals surface area contributed by atoms with E-state index in [1.165, 1.54) is 11.3 Å². The molecule has 10 heteroatoms. The third-order valence-electron chi connectivity index (χ3n) is 10.4. The highest BCUT2D eigenvalue weighted by Crippen LogP contribution is 2.63. The summed E-state index contributed by atoms with van der Waals surface area (Å²) in [6.45, 7) is 12.4. The van der Waals surface area contributed by atoms with Gasteiger partial charge in [-0.1, -0.05) is 38.2 Å². The molecule has 1 saturated carbocycles. The number of hydrogen-bond donors (Lipinski definition) is 3. The van der Waals surface area contributed by atoms with E-state index >= 15 is 0 Å². The molecule has 4 aliphatic carbocycles. The average Bonchev–Trinajstić information content (AvgIpc) is 3.69. The number of nitrogens with two attached hydrogens (primary N) is 1. The van der Waals surface area contributed by atoms with Gasteiger partial charge in [-0.2, -0.15) is 0 Å². The first-order chi connectivity index (χ1) is 23.4. The Morgan fingerprint density at radius 2 is 2.04 bits per heavy atom. The van der Waals surface area contributed by atoms with E-state index in [0.29, 0.717) is 25.6 Å². The molecule has 2 unspecified atom stereocenters. The topological polar surface area (TPSA) is 116 Å². The van der Waals surface area contributed by atoms with Gasteiger partial charge in [-0.3, -0.25) is 0 Å². The van der Waals surface area contributed by atoms with Gasteiger partial charge in [0.05, 0.1) is 31.5 Å². The molecule has 0 aromatic carbocycles. The number of allylic oxidation sites excluding steroid dienone is 9. The minimum atomic E-state index is -0.0374. The van der Waals surface area contributed by atoms with E-state index in [4.69, 9.17) is 24.7 Å². The Kier molecular flexibility index (Phi) is 14.6. The number of hydrogen-bond acceptors (Lipinski definition) is 9. The Hall–Kier alpha value is -2.89. The maximum absolute atomic E-state index is 13.8. The summed E-state index contributed by atoms with van der Waals surface area (Å²) < 4.78 is 38.4. The SMILES string of the molecule is CC.CNC[C@H](OCC1=CC=C2OCCN(CCCOC)C2=CC1)[C@H]([C@H](C)N)C12C=CC(O[C@H]3CCN(C4=CCCC(F)=C4)C3)=CC1C2.N. The molecule has 49 heavy (non-hydrogen) atoms. The van der Waals surface area contributed by atoms with E-state index in [-0.39, 0.29) is 41.6 Å². The van der Waals surface area contributed by atoms with Gasteiger partial charge < -0.3 is 45.9 Å². The van der Waals surface area contributed by atoms with Gasteiger partial charge in [-0.05, 0) is 75.4 Å². The van der Waals surface area contributed by atoms with Crippen LogP contribution in [0.4, 0.5) is 4.39 Å². The van der Waals surface area contributed by atoms with Crippen molar-refractivity contribution in [2.45, 2.75) is 77.5 Å². The molecular formula is C39H62FN5O4. The van der Waals surface area contributed by atoms with Crippen molar-refractivity contribution in [1.29, 1.82) is 0 Å². The second-order valence-corrected chi connectivity index (χ2v) is 13.7. The number of methoxy groups -OCH3 is 1. The number of rotatable bonds is 15. The fourth-order valence-corrected chi connectivity index (χ4v) is 8.00. The summed E-state index contributed by atoms with van der Waals surface area (Å²) in [5.41, 5.74) is 10.1. The molecular weight excluding hydrogens is 621 g/mol. The largest absolute Gasteiger partial charge is 0.490 e. The van der Waals surface area contributed by atoms with Gasteiger partial charge in [-0.15, -0.1) is 0 Å². The second-order valence-electron chi connectivity index (χ2n) is 13.7. The van der Waals surface area contributed by atoms with Crippen molar-refractivity contribution >= 4 is 0 Å². The fraction of sp³-hybridized carbons (Fsp3) is 0.641. The van der Waals surface area contributed by atoms with Crippen LogP contribution in [-0.2, 0) is 18.9 Å². The van der Waals surface area contributed by atoms with Crippen LogP contribution in [0.2, 0.25) is 0 Å². The molecule has 9 nitrogen and oxygen atoms in total. The Morgan fingerprint density at radius 1 is 1.20 bits per heavy atom. The zero-order valence-electron chi connectivity index (χ0n) is 30.6. The molecule has 6 atom stereocenters. The minimum Gasteiger partial charge on any atom is -0.490 e. The molecule has 3 fully saturated rings. The minimum absolute atomic E-state index is 0. The maximum Gasteiger partial charge on any atom is 0.142 e. The van der Waals surface area contributed by atoms with Crippen molar-refractivity contribution in [2.24, 2.45) is 23.0 Å². The molecule has 0 spiro atoms. The highest BCUT2D eigenvalue weighted by atomic mass is 19.1. The Bertz CT molecular complexity index is 1320. The van der Waals surface area contributed by atoms with Crippen LogP contribution >= 0.6 is 0 Å². The average molecular weight is 684 g/mol. The molecule has 2 saturated heterocycles. The molecule has 274 valence electrons. The lowest BCUT2D eigenvalue weighted by Gasteiger charge is -2.37. The lowest BCUT2D eigenvalue weighted by Crippen LogP contribution is -2.47. The number of fused-ring (bicyclic) bond motifs is 2. The molecule has 2 heterocycles. The number of likely N-dealkylation sites (tertiary alicyclic amines) is 1. The van der Waals surface area contributed by atoms with Gasteiger partial charge in [0.1, 0.15) is 30.1 Å². The van der Waals surface area contributed by atoms with Gasteiger partial charge >= 0.3 is 0 Å². The van der Waals surface area contributed by atoms with Crippen LogP contribution in [0.25, 0.3) is 0 Å². The van der Waals surface area contributed by atoms with Gasteiger partial charge in [0.25, 0.3) is 0 Å². The van der Waals surface area contributed by atoms with Crippen LogP contribution in [0.3, 0.4) is 0 Å². The molecule has 2 aliphatic heterocycles. The second kappa shape index (κ2) is 18.4. The summed E-state index contributed by atoms with van der Waals surface area (Å²) in [4.78, 5) is 4.66. The predicted molar refractivity (Wildman–Crippen MR) is 195 cm³/mol. The van der Waals surface area contributed by atoms with Gasteiger partial charge in [0.15, 0.2) is 0 Å². The van der Waals surface area contributed by atoms with E-state index in [0.717, 1.165) is 88.7 Å². The molecule has 0 aromatic heterocycles. The van der Waals surface area contributed by atoms with Crippen molar-refractivity contribution in [3.8, 4) is 0 Å². The van der Waals surface area contributed by atoms with Crippen LogP contribution in [0, 0.1) is 17.3 Å². The third kappa shape index (κ3) is 9.47. The van der Waals surface area contributed by atoms with E-state index in [2.05, 4.69) is 64.6 Å². The van der Waals surface area contributed by atoms with Gasteiger partial charge in [-0.25, -0.2) is 4.39 Å². The van der Waals surface area contributed by atoms with E-state index in [9.17, 15) is 4.39 Å². The van der Waals surface area contributed by atoms with E-state index in [1.54, 1.807) is 13.2 Å². The number of ether oxygens (including phenoxy) is 4. The monoisotopic (exact) mass is 683 g/mol. The summed E-state index contributed by atoms with van der Waals surface area (Å²) >= 11 is 0. The van der Waals surface area contributed by atoms with Crippen LogP contribution in [0.5, 0.6) is 0 Å². The lowest BCUT2D eigenvalue weighted by molar-refractivity contribution is -0.00272. The van der Waals surface area contributed by atoms with Crippen LogP contribution in [-0.4, -0.2) is 94.8 Å². The molecule has 6 N–H and O–H groups in total. The molecule has 0 aromatic rings. The first-order valence-electron chi connectivity index (χ1n) is 18.3. The molecule has 0 amide bonds. The molecule has 0 radical (unpaired) electrons. The van der Waals surface area contributed by atoms with Crippen molar-refractivity contribution in [3.05, 3.63) is 82.9 Å². The number of likely N-dealkylation sites (N-methyl/N-ethyl adjacent to an activating group) is 1. The summed E-state index contributed by atoms with van der Waals surface area (Å²) in [6.07, 6.45) is 22.4. The quantitative estimate of drug-likeness (QED) is 0.171. The molecule has 6 rings (SSSR count). The Balaban J connectivity index is 0.00000177. The number of halogens is 1. The number of nitrogens with one attached hydrogen (secondary N) is 1. The van der Waals surface area contributed by atoms with Crippen LogP contribution in [0.1, 0.15) is 59.3 Å². The van der Waals surface area contributed by atoms with Crippen LogP contribution in [0.15, 0.2) is 82.9 Å². The fourth-order valence-electron chi connectivity index (χ4n) is 8.00. The van der Waals surface area contributed by atoms with Crippen molar-refractivity contribution in [2.75, 3.05) is 66.7 Å². The standard InChI is InChI=1S/C37H53FN4O4.C2H6.H3N/c1-26(39)36(35(23-40-2)45-25-27-8-10-33-34(11-9-27)44-19-17-41(33)15-5-18-43-3)37-14-12-31(20-28(37)22-37)46-32-13-16-42(24-32)30-7-4-6-29(38)21-30;1-2;/h7,9-12,14,20-21,26,28,32,35-36,40H,4-6,8,13,15-19,22-25,39H2,1-3H3;1-2H3;1H3/t26-,28?,32-,35-,36-,37?;;/m0../s1. The zero-order valence-corrected chi connectivity index (χ0v) is 30.6. The Morgan fingerprint density at radius 3 is 2.78 bits per heavy atom. The molecule has 6 aliphatic rings. The number of morpholine rings is 1.